The maximum absolute atomic E-state index is 3.23. The van der Waals surface area contributed by atoms with E-state index in [4.69, 9.17) is 0 Å². The Hall–Kier alpha value is -2.58. The molecule has 1 fully saturated rings. The first-order valence-electron chi connectivity index (χ1n) is 13.3. The Bertz CT molecular complexity index is 908. The molecule has 34 heavy (non-hydrogen) atoms. The van der Waals surface area contributed by atoms with Gasteiger partial charge in [0, 0.05) is 18.7 Å². The van der Waals surface area contributed by atoms with Crippen molar-refractivity contribution in [3.05, 3.63) is 102 Å². The smallest absolute Gasteiger partial charge is 0.0337 e. The number of allylic oxidation sites excluding steroid dienone is 6. The van der Waals surface area contributed by atoms with Crippen molar-refractivity contribution in [1.82, 2.24) is 4.90 Å². The molecular weight excluding hydrogens is 412 g/mol. The first-order valence-corrected chi connectivity index (χ1v) is 13.3. The second-order valence-electron chi connectivity index (χ2n) is 9.56. The van der Waals surface area contributed by atoms with E-state index >= 15 is 0 Å². The van der Waals surface area contributed by atoms with Crippen LogP contribution in [0, 0.1) is 0 Å². The summed E-state index contributed by atoms with van der Waals surface area (Å²) >= 11 is 0. The van der Waals surface area contributed by atoms with Crippen LogP contribution in [0.25, 0.3) is 0 Å². The van der Waals surface area contributed by atoms with Gasteiger partial charge in [-0.25, -0.2) is 0 Å². The summed E-state index contributed by atoms with van der Waals surface area (Å²) in [6, 6.07) is 20.2. The molecule has 0 bridgehead atoms. The topological polar surface area (TPSA) is 15.3 Å². The molecule has 1 aliphatic heterocycles. The molecule has 2 atom stereocenters. The Morgan fingerprint density at radius 3 is 2.41 bits per heavy atom. The molecule has 1 aliphatic carbocycles. The van der Waals surface area contributed by atoms with Crippen molar-refractivity contribution in [3.63, 3.8) is 0 Å². The quantitative estimate of drug-likeness (QED) is 0.450. The molecule has 2 unspecified atom stereocenters. The van der Waals surface area contributed by atoms with E-state index in [0.29, 0.717) is 11.8 Å². The van der Waals surface area contributed by atoms with Gasteiger partial charge in [0.15, 0.2) is 0 Å². The average molecular weight is 457 g/mol. The molecular formula is C32H44N2. The van der Waals surface area contributed by atoms with E-state index in [0.717, 1.165) is 6.42 Å². The molecule has 0 spiro atoms. The molecule has 1 heterocycles. The van der Waals surface area contributed by atoms with Crippen LogP contribution in [-0.4, -0.2) is 31.6 Å². The Labute approximate surface area is 208 Å². The van der Waals surface area contributed by atoms with Crippen molar-refractivity contribution >= 4 is 5.69 Å². The lowest BCUT2D eigenvalue weighted by atomic mass is 9.86. The minimum Gasteiger partial charge on any atom is -0.388 e. The number of anilines is 1. The van der Waals surface area contributed by atoms with Gasteiger partial charge in [-0.2, -0.15) is 0 Å². The molecule has 0 saturated carbocycles. The van der Waals surface area contributed by atoms with Crippen molar-refractivity contribution < 1.29 is 0 Å². The van der Waals surface area contributed by atoms with E-state index in [1.54, 1.807) is 0 Å². The van der Waals surface area contributed by atoms with E-state index in [2.05, 4.69) is 109 Å². The summed E-state index contributed by atoms with van der Waals surface area (Å²) in [7, 11) is 1.99. The molecule has 0 amide bonds. The summed E-state index contributed by atoms with van der Waals surface area (Å²) < 4.78 is 0. The predicted octanol–water partition coefficient (Wildman–Crippen LogP) is 8.33. The van der Waals surface area contributed by atoms with Crippen LogP contribution >= 0.6 is 0 Å². The molecule has 2 aromatic rings. The number of hydrogen-bond acceptors (Lipinski definition) is 2. The lowest BCUT2D eigenvalue weighted by molar-refractivity contribution is 0.275. The zero-order valence-corrected chi connectivity index (χ0v) is 21.5. The van der Waals surface area contributed by atoms with Gasteiger partial charge >= 0.3 is 0 Å². The van der Waals surface area contributed by atoms with E-state index < -0.39 is 0 Å². The highest BCUT2D eigenvalue weighted by atomic mass is 15.1. The second kappa shape index (κ2) is 14.6. The van der Waals surface area contributed by atoms with Crippen molar-refractivity contribution in [2.45, 2.75) is 64.2 Å². The number of benzene rings is 2. The maximum atomic E-state index is 3.23. The van der Waals surface area contributed by atoms with Crippen LogP contribution in [0.2, 0.25) is 0 Å². The first kappa shape index (κ1) is 26.0. The Morgan fingerprint density at radius 1 is 0.912 bits per heavy atom. The molecule has 0 aromatic heterocycles. The Balaban J connectivity index is 0.00000103. The molecule has 4 rings (SSSR count). The van der Waals surface area contributed by atoms with Crippen LogP contribution in [0.5, 0.6) is 0 Å². The van der Waals surface area contributed by atoms with Crippen LogP contribution in [0.4, 0.5) is 5.69 Å². The highest BCUT2D eigenvalue weighted by molar-refractivity contribution is 5.44. The third kappa shape index (κ3) is 8.02. The van der Waals surface area contributed by atoms with Gasteiger partial charge in [-0.15, -0.1) is 0 Å². The first-order chi connectivity index (χ1) is 16.7. The Morgan fingerprint density at radius 2 is 1.68 bits per heavy atom. The third-order valence-corrected chi connectivity index (χ3v) is 6.90. The monoisotopic (exact) mass is 456 g/mol. The zero-order valence-electron chi connectivity index (χ0n) is 21.5. The second-order valence-corrected chi connectivity index (χ2v) is 9.56. The number of rotatable bonds is 7. The molecule has 1 saturated heterocycles. The van der Waals surface area contributed by atoms with Gasteiger partial charge in [0.2, 0.25) is 0 Å². The summed E-state index contributed by atoms with van der Waals surface area (Å²) in [5.74, 6) is 1.20. The van der Waals surface area contributed by atoms with Crippen molar-refractivity contribution in [3.8, 4) is 0 Å². The normalized spacial score (nSPS) is 19.3. The lowest BCUT2D eigenvalue weighted by Gasteiger charge is -2.26. The van der Waals surface area contributed by atoms with Gasteiger partial charge in [0.1, 0.15) is 0 Å². The van der Waals surface area contributed by atoms with E-state index in [9.17, 15) is 0 Å². The molecule has 2 nitrogen and oxygen atoms in total. The number of nitrogens with one attached hydrogen (secondary N) is 1. The summed E-state index contributed by atoms with van der Waals surface area (Å²) in [5.41, 5.74) is 5.69. The largest absolute Gasteiger partial charge is 0.388 e. The van der Waals surface area contributed by atoms with Crippen molar-refractivity contribution in [1.29, 1.82) is 0 Å². The SMILES string of the molecule is CCC.CNc1ccc(C2CCCN(CCC(C3=CC=CC=CC3)c3ccccc3)CC2)cc1. The van der Waals surface area contributed by atoms with Crippen LogP contribution in [0.3, 0.4) is 0 Å². The molecule has 2 aliphatic rings. The lowest BCUT2D eigenvalue weighted by Crippen LogP contribution is -2.27. The van der Waals surface area contributed by atoms with Gasteiger partial charge in [-0.05, 0) is 80.9 Å². The van der Waals surface area contributed by atoms with Gasteiger partial charge in [-0.3, -0.25) is 0 Å². The highest BCUT2D eigenvalue weighted by Gasteiger charge is 2.21. The van der Waals surface area contributed by atoms with Crippen LogP contribution < -0.4 is 5.32 Å². The summed E-state index contributed by atoms with van der Waals surface area (Å²) in [5, 5.41) is 3.23. The average Bonchev–Trinajstić information content (AvgIpc) is 3.29. The third-order valence-electron chi connectivity index (χ3n) is 6.90. The fourth-order valence-corrected chi connectivity index (χ4v) is 5.05. The summed E-state index contributed by atoms with van der Waals surface area (Å²) in [4.78, 5) is 2.71. The highest BCUT2D eigenvalue weighted by Crippen LogP contribution is 2.33. The van der Waals surface area contributed by atoms with Crippen molar-refractivity contribution in [2.24, 2.45) is 0 Å². The van der Waals surface area contributed by atoms with Crippen molar-refractivity contribution in [2.75, 3.05) is 32.0 Å². The molecule has 1 N–H and O–H groups in total. The van der Waals surface area contributed by atoms with E-state index in [1.165, 1.54) is 74.1 Å². The number of nitrogens with zero attached hydrogens (tertiary/aromatic N) is 1. The summed E-state index contributed by atoms with van der Waals surface area (Å²) in [6.07, 6.45) is 18.5. The predicted molar refractivity (Wildman–Crippen MR) is 150 cm³/mol. The zero-order chi connectivity index (χ0) is 24.0. The number of likely N-dealkylation sites (tertiary alicyclic amines) is 1. The van der Waals surface area contributed by atoms with Gasteiger partial charge in [0.25, 0.3) is 0 Å². The van der Waals surface area contributed by atoms with Gasteiger partial charge < -0.3 is 10.2 Å². The van der Waals surface area contributed by atoms with E-state index in [1.807, 2.05) is 7.05 Å². The molecule has 2 heteroatoms. The molecule has 2 aromatic carbocycles. The summed E-state index contributed by atoms with van der Waals surface area (Å²) in [6.45, 7) is 7.86. The fourth-order valence-electron chi connectivity index (χ4n) is 5.05. The fraction of sp³-hybridized carbons (Fsp3) is 0.438. The minimum atomic E-state index is 0.502. The van der Waals surface area contributed by atoms with Gasteiger partial charge in [0.05, 0.1) is 0 Å². The molecule has 182 valence electrons. The van der Waals surface area contributed by atoms with Crippen LogP contribution in [-0.2, 0) is 0 Å². The van der Waals surface area contributed by atoms with E-state index in [-0.39, 0.29) is 0 Å². The maximum Gasteiger partial charge on any atom is 0.0337 e. The molecule has 0 radical (unpaired) electrons. The van der Waals surface area contributed by atoms with Crippen LogP contribution in [0.1, 0.15) is 75.3 Å². The standard InChI is InChI=1S/C29H36N2.C3H8/c1-30-28-17-15-25(16-18-28)24-14-9-21-31(22-19-24)23-20-29(27-12-7-4-8-13-27)26-10-5-2-3-6-11-26;1-3-2/h2-8,10,12-13,15-18,24,29-30H,9,11,14,19-23H2,1H3;3H2,1-2H3. The number of hydrogen-bond donors (Lipinski definition) is 1. The minimum absolute atomic E-state index is 0.502. The van der Waals surface area contributed by atoms with Gasteiger partial charge in [-0.1, -0.05) is 98.7 Å². The van der Waals surface area contributed by atoms with Crippen LogP contribution in [0.15, 0.2) is 90.6 Å². The Kier molecular flexibility index (Phi) is 11.2.